The van der Waals surface area contributed by atoms with Crippen molar-refractivity contribution in [2.75, 3.05) is 47.1 Å². The molecule has 2 aliphatic heterocycles. The van der Waals surface area contributed by atoms with E-state index in [1.807, 2.05) is 30.5 Å². The predicted molar refractivity (Wildman–Crippen MR) is 104 cm³/mol. The molecule has 28 heavy (non-hydrogen) atoms. The first-order valence-corrected chi connectivity index (χ1v) is 10.7. The molecule has 0 saturated carbocycles. The average Bonchev–Trinajstić information content (AvgIpc) is 3.22. The molecule has 1 saturated heterocycles. The Kier molecular flexibility index (Phi) is 5.33. The highest BCUT2D eigenvalue weighted by Crippen LogP contribution is 2.40. The summed E-state index contributed by atoms with van der Waals surface area (Å²) in [5, 5.41) is 0. The van der Waals surface area contributed by atoms with E-state index in [4.69, 9.17) is 14.2 Å². The minimum absolute atomic E-state index is 0.367. The van der Waals surface area contributed by atoms with E-state index in [0.29, 0.717) is 50.9 Å². The Labute approximate surface area is 165 Å². The minimum atomic E-state index is -3.66. The lowest BCUT2D eigenvalue weighted by atomic mass is 10.0. The zero-order valence-electron chi connectivity index (χ0n) is 16.1. The van der Waals surface area contributed by atoms with Crippen molar-refractivity contribution < 1.29 is 22.6 Å². The van der Waals surface area contributed by atoms with Crippen LogP contribution in [-0.4, -0.2) is 68.7 Å². The highest BCUT2D eigenvalue weighted by molar-refractivity contribution is 7.86. The number of nitrogens with zero attached hydrogens (tertiary/aromatic N) is 3. The number of morpholine rings is 1. The average molecular weight is 407 g/mol. The monoisotopic (exact) mass is 407 g/mol. The van der Waals surface area contributed by atoms with Crippen molar-refractivity contribution in [2.24, 2.45) is 0 Å². The normalized spacial score (nSPS) is 21.3. The third kappa shape index (κ3) is 3.28. The third-order valence-electron chi connectivity index (χ3n) is 5.32. The predicted octanol–water partition coefficient (Wildman–Crippen LogP) is 1.49. The summed E-state index contributed by atoms with van der Waals surface area (Å²) in [6.07, 6.45) is 1.98. The molecule has 1 unspecified atom stereocenters. The van der Waals surface area contributed by atoms with Gasteiger partial charge in [-0.05, 0) is 24.3 Å². The van der Waals surface area contributed by atoms with Gasteiger partial charge >= 0.3 is 0 Å². The molecule has 0 spiro atoms. The van der Waals surface area contributed by atoms with E-state index in [2.05, 4.69) is 4.57 Å². The maximum absolute atomic E-state index is 13.5. The molecule has 8 nitrogen and oxygen atoms in total. The van der Waals surface area contributed by atoms with E-state index in [1.165, 1.54) is 4.31 Å². The quantitative estimate of drug-likeness (QED) is 0.751. The molecule has 1 fully saturated rings. The van der Waals surface area contributed by atoms with Crippen LogP contribution in [0.5, 0.6) is 11.5 Å². The summed E-state index contributed by atoms with van der Waals surface area (Å²) in [5.41, 5.74) is 1.71. The molecule has 1 aromatic heterocycles. The Balaban J connectivity index is 1.81. The Hall–Kier alpha value is -2.07. The fourth-order valence-electron chi connectivity index (χ4n) is 3.90. The van der Waals surface area contributed by atoms with Crippen LogP contribution in [0.25, 0.3) is 0 Å². The van der Waals surface area contributed by atoms with Crippen LogP contribution in [-0.2, 0) is 21.5 Å². The standard InChI is InChI=1S/C19H25N3O5S/c1-25-15-5-6-16(18(14-15)26-2)19-17-4-3-7-20(17)8-9-22(19)28(23,24)21-10-12-27-13-11-21/h3-7,14,19H,8-13H2,1-2H3. The van der Waals surface area contributed by atoms with Gasteiger partial charge in [-0.2, -0.15) is 17.0 Å². The molecular formula is C19H25N3O5S. The van der Waals surface area contributed by atoms with Gasteiger partial charge in [-0.25, -0.2) is 0 Å². The molecule has 3 heterocycles. The van der Waals surface area contributed by atoms with Crippen LogP contribution < -0.4 is 9.47 Å². The summed E-state index contributed by atoms with van der Waals surface area (Å²) in [6, 6.07) is 8.94. The Morgan fingerprint density at radius 1 is 1.04 bits per heavy atom. The van der Waals surface area contributed by atoms with Crippen molar-refractivity contribution >= 4 is 10.2 Å². The molecule has 2 aliphatic rings. The van der Waals surface area contributed by atoms with E-state index in [1.54, 1.807) is 24.6 Å². The molecule has 2 aromatic rings. The molecule has 0 N–H and O–H groups in total. The summed E-state index contributed by atoms with van der Waals surface area (Å²) in [4.78, 5) is 0. The molecule has 0 radical (unpaired) electrons. The van der Waals surface area contributed by atoms with E-state index >= 15 is 0 Å². The van der Waals surface area contributed by atoms with E-state index in [-0.39, 0.29) is 0 Å². The summed E-state index contributed by atoms with van der Waals surface area (Å²) in [6.45, 7) is 2.57. The van der Waals surface area contributed by atoms with Gasteiger partial charge in [-0.3, -0.25) is 0 Å². The Morgan fingerprint density at radius 3 is 2.54 bits per heavy atom. The number of fused-ring (bicyclic) bond motifs is 1. The SMILES string of the molecule is COc1ccc(C2c3cccn3CCN2S(=O)(=O)N2CCOCC2)c(OC)c1. The van der Waals surface area contributed by atoms with Gasteiger partial charge in [0.15, 0.2) is 0 Å². The second kappa shape index (κ2) is 7.75. The van der Waals surface area contributed by atoms with Crippen molar-refractivity contribution in [3.05, 3.63) is 47.8 Å². The van der Waals surface area contributed by atoms with Gasteiger partial charge in [0.1, 0.15) is 11.5 Å². The largest absolute Gasteiger partial charge is 0.497 e. The Morgan fingerprint density at radius 2 is 1.82 bits per heavy atom. The van der Waals surface area contributed by atoms with Gasteiger partial charge in [0.05, 0.1) is 33.5 Å². The number of ether oxygens (including phenoxy) is 3. The maximum Gasteiger partial charge on any atom is 0.283 e. The molecular weight excluding hydrogens is 382 g/mol. The lowest BCUT2D eigenvalue weighted by Gasteiger charge is -2.40. The number of hydrogen-bond acceptors (Lipinski definition) is 5. The van der Waals surface area contributed by atoms with Crippen LogP contribution in [0.2, 0.25) is 0 Å². The third-order valence-corrected chi connectivity index (χ3v) is 7.33. The van der Waals surface area contributed by atoms with Crippen molar-refractivity contribution in [1.82, 2.24) is 13.2 Å². The van der Waals surface area contributed by atoms with Crippen LogP contribution in [0, 0.1) is 0 Å². The summed E-state index contributed by atoms with van der Waals surface area (Å²) in [5.74, 6) is 1.26. The molecule has 1 atom stereocenters. The van der Waals surface area contributed by atoms with Gasteiger partial charge < -0.3 is 18.8 Å². The number of methoxy groups -OCH3 is 2. The molecule has 152 valence electrons. The van der Waals surface area contributed by atoms with Crippen LogP contribution >= 0.6 is 0 Å². The van der Waals surface area contributed by atoms with Crippen LogP contribution in [0.4, 0.5) is 0 Å². The zero-order chi connectivity index (χ0) is 19.7. The highest BCUT2D eigenvalue weighted by Gasteiger charge is 2.41. The molecule has 0 bridgehead atoms. The second-order valence-corrected chi connectivity index (χ2v) is 8.65. The van der Waals surface area contributed by atoms with Crippen molar-refractivity contribution in [1.29, 1.82) is 0 Å². The summed E-state index contributed by atoms with van der Waals surface area (Å²) < 4.78 is 48.4. The highest BCUT2D eigenvalue weighted by atomic mass is 32.2. The lowest BCUT2D eigenvalue weighted by molar-refractivity contribution is 0.0689. The zero-order valence-corrected chi connectivity index (χ0v) is 16.9. The topological polar surface area (TPSA) is 73.2 Å². The Bertz CT molecular complexity index is 937. The van der Waals surface area contributed by atoms with Gasteiger partial charge in [0.2, 0.25) is 0 Å². The van der Waals surface area contributed by atoms with Crippen LogP contribution in [0.3, 0.4) is 0 Å². The minimum Gasteiger partial charge on any atom is -0.497 e. The first kappa shape index (κ1) is 19.3. The first-order valence-electron chi connectivity index (χ1n) is 9.28. The molecule has 9 heteroatoms. The molecule has 4 rings (SSSR count). The van der Waals surface area contributed by atoms with Crippen molar-refractivity contribution in [3.63, 3.8) is 0 Å². The van der Waals surface area contributed by atoms with Crippen LogP contribution in [0.15, 0.2) is 36.5 Å². The smallest absolute Gasteiger partial charge is 0.283 e. The van der Waals surface area contributed by atoms with Gasteiger partial charge in [0, 0.05) is 49.7 Å². The van der Waals surface area contributed by atoms with Gasteiger partial charge in [-0.15, -0.1) is 0 Å². The van der Waals surface area contributed by atoms with E-state index in [9.17, 15) is 8.42 Å². The number of aromatic nitrogens is 1. The van der Waals surface area contributed by atoms with Crippen LogP contribution in [0.1, 0.15) is 17.3 Å². The van der Waals surface area contributed by atoms with Crippen molar-refractivity contribution in [2.45, 2.75) is 12.6 Å². The molecule has 0 amide bonds. The molecule has 0 aliphatic carbocycles. The fourth-order valence-corrected chi connectivity index (χ4v) is 5.60. The maximum atomic E-state index is 13.5. The number of benzene rings is 1. The lowest BCUT2D eigenvalue weighted by Crippen LogP contribution is -2.52. The fraction of sp³-hybridized carbons (Fsp3) is 0.474. The van der Waals surface area contributed by atoms with Gasteiger partial charge in [-0.1, -0.05) is 0 Å². The number of rotatable bonds is 5. The summed E-state index contributed by atoms with van der Waals surface area (Å²) >= 11 is 0. The second-order valence-electron chi connectivity index (χ2n) is 6.77. The van der Waals surface area contributed by atoms with Crippen molar-refractivity contribution in [3.8, 4) is 11.5 Å². The van der Waals surface area contributed by atoms with Gasteiger partial charge in [0.25, 0.3) is 10.2 Å². The molecule has 1 aromatic carbocycles. The first-order chi connectivity index (χ1) is 13.6. The number of hydrogen-bond donors (Lipinski definition) is 0. The van der Waals surface area contributed by atoms with E-state index in [0.717, 1.165) is 11.3 Å². The summed E-state index contributed by atoms with van der Waals surface area (Å²) in [7, 11) is -0.480. The van der Waals surface area contributed by atoms with E-state index < -0.39 is 16.3 Å².